The molecule has 1 N–H and O–H groups in total. The minimum atomic E-state index is -3.01. The molecule has 0 unspecified atom stereocenters. The average Bonchev–Trinajstić information content (AvgIpc) is 2.28. The van der Waals surface area contributed by atoms with Crippen LogP contribution in [0.15, 0.2) is 22.7 Å². The summed E-state index contributed by atoms with van der Waals surface area (Å²) in [5.41, 5.74) is 0.192. The van der Waals surface area contributed by atoms with Gasteiger partial charge in [-0.05, 0) is 18.2 Å². The predicted molar refractivity (Wildman–Crippen MR) is 70.4 cm³/mol. The number of carbonyl (C=O) groups excluding carboxylic acids is 1. The molecule has 0 spiro atoms. The molecule has 1 aromatic carbocycles. The lowest BCUT2D eigenvalue weighted by Crippen LogP contribution is -2.43. The van der Waals surface area contributed by atoms with E-state index in [1.54, 1.807) is 6.07 Å². The molecule has 0 aliphatic carbocycles. The monoisotopic (exact) mass is 333 g/mol. The maximum atomic E-state index is 12.1. The number of phenols is 1. The summed E-state index contributed by atoms with van der Waals surface area (Å²) < 4.78 is 23.2. The number of carbonyl (C=O) groups is 1. The first-order valence-corrected chi connectivity index (χ1v) is 7.99. The van der Waals surface area contributed by atoms with Gasteiger partial charge >= 0.3 is 0 Å². The Morgan fingerprint density at radius 2 is 1.89 bits per heavy atom. The topological polar surface area (TPSA) is 74.7 Å². The number of aromatic hydroxyl groups is 1. The van der Waals surface area contributed by atoms with E-state index in [2.05, 4.69) is 15.9 Å². The highest BCUT2D eigenvalue weighted by molar-refractivity contribution is 9.10. The fourth-order valence-corrected chi connectivity index (χ4v) is 3.32. The van der Waals surface area contributed by atoms with E-state index in [-0.39, 0.29) is 41.8 Å². The van der Waals surface area contributed by atoms with Crippen LogP contribution in [0.3, 0.4) is 0 Å². The zero-order chi connectivity index (χ0) is 13.3. The van der Waals surface area contributed by atoms with Crippen molar-refractivity contribution in [2.45, 2.75) is 0 Å². The maximum absolute atomic E-state index is 12.1. The van der Waals surface area contributed by atoms with Crippen LogP contribution in [0.4, 0.5) is 0 Å². The Morgan fingerprint density at radius 1 is 1.28 bits per heavy atom. The van der Waals surface area contributed by atoms with Gasteiger partial charge in [-0.1, -0.05) is 15.9 Å². The van der Waals surface area contributed by atoms with Crippen molar-refractivity contribution >= 4 is 31.7 Å². The third-order valence-electron chi connectivity index (χ3n) is 2.82. The molecule has 0 bridgehead atoms. The van der Waals surface area contributed by atoms with Crippen LogP contribution >= 0.6 is 15.9 Å². The van der Waals surface area contributed by atoms with Gasteiger partial charge < -0.3 is 10.0 Å². The van der Waals surface area contributed by atoms with Crippen molar-refractivity contribution in [3.63, 3.8) is 0 Å². The van der Waals surface area contributed by atoms with E-state index in [9.17, 15) is 18.3 Å². The first kappa shape index (κ1) is 13.4. The van der Waals surface area contributed by atoms with Gasteiger partial charge in [0.15, 0.2) is 9.84 Å². The Labute approximate surface area is 113 Å². The maximum Gasteiger partial charge on any atom is 0.257 e. The number of nitrogens with zero attached hydrogens (tertiary/aromatic N) is 1. The van der Waals surface area contributed by atoms with Gasteiger partial charge in [0.05, 0.1) is 17.1 Å². The molecule has 1 aromatic rings. The Balaban J connectivity index is 2.17. The highest BCUT2D eigenvalue weighted by atomic mass is 79.9. The summed E-state index contributed by atoms with van der Waals surface area (Å²) in [7, 11) is -3.01. The van der Waals surface area contributed by atoms with Crippen LogP contribution in [0.25, 0.3) is 0 Å². The van der Waals surface area contributed by atoms with Crippen molar-refractivity contribution in [3.05, 3.63) is 28.2 Å². The Hall–Kier alpha value is -1.08. The van der Waals surface area contributed by atoms with Crippen LogP contribution in [0.2, 0.25) is 0 Å². The van der Waals surface area contributed by atoms with Gasteiger partial charge in [0.25, 0.3) is 5.91 Å². The fraction of sp³-hybridized carbons (Fsp3) is 0.364. The second-order valence-electron chi connectivity index (χ2n) is 4.11. The van der Waals surface area contributed by atoms with Crippen molar-refractivity contribution in [1.82, 2.24) is 4.90 Å². The number of halogens is 1. The van der Waals surface area contributed by atoms with Crippen molar-refractivity contribution in [2.24, 2.45) is 0 Å². The Bertz CT molecular complexity index is 571. The summed E-state index contributed by atoms with van der Waals surface area (Å²) in [5.74, 6) is -0.482. The van der Waals surface area contributed by atoms with E-state index in [0.29, 0.717) is 4.47 Å². The van der Waals surface area contributed by atoms with Crippen molar-refractivity contribution in [1.29, 1.82) is 0 Å². The van der Waals surface area contributed by atoms with E-state index in [1.807, 2.05) is 0 Å². The molecular weight excluding hydrogens is 322 g/mol. The van der Waals surface area contributed by atoms with Crippen LogP contribution in [-0.2, 0) is 9.84 Å². The van der Waals surface area contributed by atoms with Gasteiger partial charge in [-0.15, -0.1) is 0 Å². The van der Waals surface area contributed by atoms with Crippen LogP contribution < -0.4 is 0 Å². The number of hydrogen-bond acceptors (Lipinski definition) is 4. The molecule has 0 atom stereocenters. The Kier molecular flexibility index (Phi) is 3.63. The number of amides is 1. The number of phenolic OH excluding ortho intramolecular Hbond substituents is 1. The molecule has 1 fully saturated rings. The third-order valence-corrected chi connectivity index (χ3v) is 4.92. The summed E-state index contributed by atoms with van der Waals surface area (Å²) in [5, 5.41) is 9.70. The molecule has 1 saturated heterocycles. The van der Waals surface area contributed by atoms with Crippen LogP contribution in [0.5, 0.6) is 5.75 Å². The molecule has 98 valence electrons. The van der Waals surface area contributed by atoms with Gasteiger partial charge in [0, 0.05) is 17.6 Å². The van der Waals surface area contributed by atoms with Crippen molar-refractivity contribution in [2.75, 3.05) is 24.6 Å². The summed E-state index contributed by atoms with van der Waals surface area (Å²) >= 11 is 3.19. The second kappa shape index (κ2) is 4.89. The molecule has 2 rings (SSSR count). The highest BCUT2D eigenvalue weighted by Gasteiger charge is 2.26. The first-order valence-electron chi connectivity index (χ1n) is 5.37. The molecule has 0 aromatic heterocycles. The minimum Gasteiger partial charge on any atom is -0.507 e. The molecule has 0 radical (unpaired) electrons. The van der Waals surface area contributed by atoms with Gasteiger partial charge in [-0.3, -0.25) is 4.79 Å². The highest BCUT2D eigenvalue weighted by Crippen LogP contribution is 2.24. The molecular formula is C11H12BrNO4S. The van der Waals surface area contributed by atoms with Gasteiger partial charge in [-0.2, -0.15) is 0 Å². The molecule has 1 aliphatic heterocycles. The summed E-state index contributed by atoms with van der Waals surface area (Å²) in [6.45, 7) is 0.355. The van der Waals surface area contributed by atoms with Gasteiger partial charge in [0.2, 0.25) is 0 Å². The van der Waals surface area contributed by atoms with Gasteiger partial charge in [0.1, 0.15) is 5.75 Å². The number of rotatable bonds is 1. The normalized spacial score (nSPS) is 18.6. The summed E-state index contributed by atoms with van der Waals surface area (Å²) in [6.07, 6.45) is 0. The largest absolute Gasteiger partial charge is 0.507 e. The fourth-order valence-electron chi connectivity index (χ4n) is 1.77. The lowest BCUT2D eigenvalue weighted by Gasteiger charge is -2.27. The predicted octanol–water partition coefficient (Wildman–Crippen LogP) is 1.03. The van der Waals surface area contributed by atoms with Crippen LogP contribution in [0, 0.1) is 0 Å². The SMILES string of the molecule is O=C(c1ccc(Br)cc1O)N1CCS(=O)(=O)CC1. The first-order chi connectivity index (χ1) is 8.39. The number of hydrogen-bond donors (Lipinski definition) is 1. The molecule has 1 aliphatic rings. The van der Waals surface area contributed by atoms with E-state index < -0.39 is 9.84 Å². The molecule has 0 saturated carbocycles. The van der Waals surface area contributed by atoms with E-state index >= 15 is 0 Å². The molecule has 7 heteroatoms. The molecule has 5 nitrogen and oxygen atoms in total. The third kappa shape index (κ3) is 2.84. The summed E-state index contributed by atoms with van der Waals surface area (Å²) in [6, 6.07) is 4.62. The van der Waals surface area contributed by atoms with E-state index in [0.717, 1.165) is 0 Å². The zero-order valence-electron chi connectivity index (χ0n) is 9.47. The van der Waals surface area contributed by atoms with E-state index in [4.69, 9.17) is 0 Å². The number of sulfone groups is 1. The van der Waals surface area contributed by atoms with Crippen LogP contribution in [0.1, 0.15) is 10.4 Å². The quantitative estimate of drug-likeness (QED) is 0.832. The van der Waals surface area contributed by atoms with Crippen LogP contribution in [-0.4, -0.2) is 48.9 Å². The molecule has 1 amide bonds. The smallest absolute Gasteiger partial charge is 0.257 e. The molecule has 1 heterocycles. The minimum absolute atomic E-state index is 0.0178. The van der Waals surface area contributed by atoms with Gasteiger partial charge in [-0.25, -0.2) is 8.42 Å². The lowest BCUT2D eigenvalue weighted by molar-refractivity contribution is 0.0767. The second-order valence-corrected chi connectivity index (χ2v) is 7.32. The lowest BCUT2D eigenvalue weighted by atomic mass is 10.1. The summed E-state index contributed by atoms with van der Waals surface area (Å²) in [4.78, 5) is 13.5. The van der Waals surface area contributed by atoms with E-state index in [1.165, 1.54) is 17.0 Å². The standard InChI is InChI=1S/C11H12BrNO4S/c12-8-1-2-9(10(14)7-8)11(15)13-3-5-18(16,17)6-4-13/h1-2,7,14H,3-6H2. The van der Waals surface area contributed by atoms with Crippen molar-refractivity contribution in [3.8, 4) is 5.75 Å². The molecule has 18 heavy (non-hydrogen) atoms. The zero-order valence-corrected chi connectivity index (χ0v) is 11.9. The average molecular weight is 334 g/mol. The number of benzene rings is 1. The van der Waals surface area contributed by atoms with Crippen molar-refractivity contribution < 1.29 is 18.3 Å². The Morgan fingerprint density at radius 3 is 2.44 bits per heavy atom.